The van der Waals surface area contributed by atoms with E-state index in [9.17, 15) is 5.11 Å². The van der Waals surface area contributed by atoms with Gasteiger partial charge in [-0.2, -0.15) is 0 Å². The summed E-state index contributed by atoms with van der Waals surface area (Å²) in [5.41, 5.74) is 7.09. The van der Waals surface area contributed by atoms with Crippen molar-refractivity contribution >= 4 is 0 Å². The molecule has 1 rings (SSSR count). The van der Waals surface area contributed by atoms with E-state index in [0.29, 0.717) is 0 Å². The highest BCUT2D eigenvalue weighted by atomic mass is 16.3. The van der Waals surface area contributed by atoms with Crippen LogP contribution in [0.15, 0.2) is 11.6 Å². The van der Waals surface area contributed by atoms with Crippen LogP contribution < -0.4 is 5.73 Å². The van der Waals surface area contributed by atoms with Gasteiger partial charge in [0.05, 0.1) is 12.1 Å². The zero-order valence-electron chi connectivity index (χ0n) is 9.24. The molecule has 3 heteroatoms. The Morgan fingerprint density at radius 2 is 2.36 bits per heavy atom. The first-order valence-corrected chi connectivity index (χ1v) is 5.50. The lowest BCUT2D eigenvalue weighted by Gasteiger charge is -2.29. The Labute approximate surface area is 86.6 Å². The van der Waals surface area contributed by atoms with Crippen molar-refractivity contribution in [3.63, 3.8) is 0 Å². The van der Waals surface area contributed by atoms with Crippen LogP contribution in [0, 0.1) is 0 Å². The summed E-state index contributed by atoms with van der Waals surface area (Å²) >= 11 is 0. The quantitative estimate of drug-likeness (QED) is 0.655. The van der Waals surface area contributed by atoms with Gasteiger partial charge >= 0.3 is 0 Å². The summed E-state index contributed by atoms with van der Waals surface area (Å²) in [6.45, 7) is 7.18. The van der Waals surface area contributed by atoms with Gasteiger partial charge in [-0.25, -0.2) is 0 Å². The van der Waals surface area contributed by atoms with Crippen LogP contribution in [-0.4, -0.2) is 41.8 Å². The van der Waals surface area contributed by atoms with Crippen molar-refractivity contribution in [1.82, 2.24) is 4.90 Å². The van der Waals surface area contributed by atoms with Gasteiger partial charge in [0, 0.05) is 13.1 Å². The molecule has 3 nitrogen and oxygen atoms in total. The van der Waals surface area contributed by atoms with Crippen LogP contribution in [0.4, 0.5) is 0 Å². The van der Waals surface area contributed by atoms with Gasteiger partial charge in [0.25, 0.3) is 0 Å². The Morgan fingerprint density at radius 3 is 2.79 bits per heavy atom. The van der Waals surface area contributed by atoms with Crippen LogP contribution in [0.3, 0.4) is 0 Å². The highest BCUT2D eigenvalue weighted by molar-refractivity contribution is 5.15. The molecule has 0 fully saturated rings. The molecule has 1 aliphatic heterocycles. The molecule has 0 radical (unpaired) electrons. The zero-order chi connectivity index (χ0) is 10.6. The second kappa shape index (κ2) is 5.49. The Hall–Kier alpha value is -0.380. The lowest BCUT2D eigenvalue weighted by Crippen LogP contribution is -2.39. The van der Waals surface area contributed by atoms with Crippen LogP contribution in [0.5, 0.6) is 0 Å². The van der Waals surface area contributed by atoms with Crippen molar-refractivity contribution in [1.29, 1.82) is 0 Å². The Balaban J connectivity index is 2.44. The number of hydrogen-bond donors (Lipinski definition) is 2. The second-order valence-electron chi connectivity index (χ2n) is 4.10. The fourth-order valence-corrected chi connectivity index (χ4v) is 1.86. The molecule has 0 saturated heterocycles. The maximum atomic E-state index is 9.36. The molecule has 2 atom stereocenters. The van der Waals surface area contributed by atoms with Gasteiger partial charge in [-0.3, -0.25) is 4.90 Å². The average Bonchev–Trinajstić information content (AvgIpc) is 2.18. The summed E-state index contributed by atoms with van der Waals surface area (Å²) in [6, 6.07) is -0.168. The summed E-state index contributed by atoms with van der Waals surface area (Å²) in [5.74, 6) is 0. The molecule has 82 valence electrons. The molecule has 0 bridgehead atoms. The molecule has 3 N–H and O–H groups in total. The second-order valence-corrected chi connectivity index (χ2v) is 4.10. The maximum absolute atomic E-state index is 9.36. The summed E-state index contributed by atoms with van der Waals surface area (Å²) in [6.07, 6.45) is 3.95. The Bertz CT molecular complexity index is 201. The minimum absolute atomic E-state index is 0.168. The van der Waals surface area contributed by atoms with E-state index in [1.165, 1.54) is 12.0 Å². The van der Waals surface area contributed by atoms with E-state index in [0.717, 1.165) is 26.1 Å². The predicted octanol–water partition coefficient (Wildman–Crippen LogP) is 0.737. The van der Waals surface area contributed by atoms with E-state index in [4.69, 9.17) is 5.73 Å². The van der Waals surface area contributed by atoms with Crippen LogP contribution in [0.1, 0.15) is 26.7 Å². The first-order valence-electron chi connectivity index (χ1n) is 5.50. The molecular formula is C11H22N2O. The van der Waals surface area contributed by atoms with Crippen molar-refractivity contribution in [2.45, 2.75) is 38.8 Å². The lowest BCUT2D eigenvalue weighted by atomic mass is 9.97. The lowest BCUT2D eigenvalue weighted by molar-refractivity contribution is 0.171. The molecule has 0 aliphatic carbocycles. The number of nitrogens with zero attached hydrogens (tertiary/aromatic N) is 1. The smallest absolute Gasteiger partial charge is 0.0701 e. The van der Waals surface area contributed by atoms with E-state index >= 15 is 0 Å². The van der Waals surface area contributed by atoms with Gasteiger partial charge < -0.3 is 10.8 Å². The third-order valence-corrected chi connectivity index (χ3v) is 2.82. The summed E-state index contributed by atoms with van der Waals surface area (Å²) in [4.78, 5) is 2.41. The van der Waals surface area contributed by atoms with E-state index in [1.54, 1.807) is 6.92 Å². The third-order valence-electron chi connectivity index (χ3n) is 2.82. The van der Waals surface area contributed by atoms with Gasteiger partial charge in [0.15, 0.2) is 0 Å². The molecule has 0 unspecified atom stereocenters. The monoisotopic (exact) mass is 198 g/mol. The zero-order valence-corrected chi connectivity index (χ0v) is 9.24. The number of nitrogens with two attached hydrogens (primary N) is 1. The topological polar surface area (TPSA) is 49.5 Å². The van der Waals surface area contributed by atoms with E-state index in [-0.39, 0.29) is 6.04 Å². The van der Waals surface area contributed by atoms with Crippen LogP contribution in [0.2, 0.25) is 0 Å². The third kappa shape index (κ3) is 3.08. The van der Waals surface area contributed by atoms with Gasteiger partial charge in [0.2, 0.25) is 0 Å². The van der Waals surface area contributed by atoms with Crippen molar-refractivity contribution in [3.8, 4) is 0 Å². The van der Waals surface area contributed by atoms with E-state index in [1.807, 2.05) is 0 Å². The molecule has 0 amide bonds. The molecule has 0 aromatic rings. The minimum atomic E-state index is -0.432. The van der Waals surface area contributed by atoms with Crippen molar-refractivity contribution in [3.05, 3.63) is 11.6 Å². The minimum Gasteiger partial charge on any atom is -0.391 e. The Morgan fingerprint density at radius 1 is 1.64 bits per heavy atom. The predicted molar refractivity (Wildman–Crippen MR) is 59.1 cm³/mol. The largest absolute Gasteiger partial charge is 0.391 e. The average molecular weight is 198 g/mol. The van der Waals surface area contributed by atoms with Gasteiger partial charge in [-0.15, -0.1) is 0 Å². The standard InChI is InChI=1S/C11H22N2O/c1-3-6-13-7-4-10(5-8-13)11(12)9(2)14/h4,9,11,14H,3,5-8,12H2,1-2H3/t9-,11+/m1/s1. The summed E-state index contributed by atoms with van der Waals surface area (Å²) < 4.78 is 0. The molecule has 0 aromatic heterocycles. The van der Waals surface area contributed by atoms with Crippen molar-refractivity contribution in [2.75, 3.05) is 19.6 Å². The fourth-order valence-electron chi connectivity index (χ4n) is 1.86. The molecule has 0 spiro atoms. The van der Waals surface area contributed by atoms with Crippen LogP contribution in [0.25, 0.3) is 0 Å². The summed E-state index contributed by atoms with van der Waals surface area (Å²) in [5, 5.41) is 9.36. The van der Waals surface area contributed by atoms with Gasteiger partial charge in [-0.1, -0.05) is 18.6 Å². The van der Waals surface area contributed by atoms with Crippen LogP contribution >= 0.6 is 0 Å². The first kappa shape index (κ1) is 11.7. The molecule has 0 saturated carbocycles. The highest BCUT2D eigenvalue weighted by Gasteiger charge is 2.18. The van der Waals surface area contributed by atoms with Crippen LogP contribution in [-0.2, 0) is 0 Å². The highest BCUT2D eigenvalue weighted by Crippen LogP contribution is 2.15. The van der Waals surface area contributed by atoms with Crippen molar-refractivity contribution < 1.29 is 5.11 Å². The van der Waals surface area contributed by atoms with E-state index in [2.05, 4.69) is 17.9 Å². The number of hydrogen-bond acceptors (Lipinski definition) is 3. The molecule has 14 heavy (non-hydrogen) atoms. The maximum Gasteiger partial charge on any atom is 0.0701 e. The number of rotatable bonds is 4. The van der Waals surface area contributed by atoms with Gasteiger partial charge in [0.1, 0.15) is 0 Å². The molecule has 0 aromatic carbocycles. The molecular weight excluding hydrogens is 176 g/mol. The SMILES string of the molecule is CCCN1CC=C([C@@H](N)[C@@H](C)O)CC1. The fraction of sp³-hybridized carbons (Fsp3) is 0.818. The number of aliphatic hydroxyl groups is 1. The normalized spacial score (nSPS) is 23.0. The number of aliphatic hydroxyl groups excluding tert-OH is 1. The van der Waals surface area contributed by atoms with Crippen molar-refractivity contribution in [2.24, 2.45) is 5.73 Å². The van der Waals surface area contributed by atoms with Gasteiger partial charge in [-0.05, 0) is 26.3 Å². The molecule has 1 heterocycles. The Kier molecular flexibility index (Phi) is 4.58. The van der Waals surface area contributed by atoms with E-state index < -0.39 is 6.10 Å². The molecule has 1 aliphatic rings. The first-order chi connectivity index (χ1) is 6.65. The summed E-state index contributed by atoms with van der Waals surface area (Å²) in [7, 11) is 0.